The monoisotopic (exact) mass is 517 g/mol. The van der Waals surface area contributed by atoms with Crippen molar-refractivity contribution in [1.82, 2.24) is 24.9 Å². The van der Waals surface area contributed by atoms with E-state index in [1.54, 1.807) is 18.5 Å². The third kappa shape index (κ3) is 3.26. The molecule has 7 aromatic rings. The molecule has 0 N–H and O–H groups in total. The Labute approximate surface area is 230 Å². The van der Waals surface area contributed by atoms with Gasteiger partial charge in [-0.25, -0.2) is 24.9 Å². The smallest absolute Gasteiger partial charge is 0.201 e. The van der Waals surface area contributed by atoms with Crippen LogP contribution in [0.5, 0.6) is 0 Å². The number of hydrogen-bond donors (Lipinski definition) is 0. The first-order valence-electron chi connectivity index (χ1n) is 13.3. The van der Waals surface area contributed by atoms with Crippen molar-refractivity contribution < 1.29 is 4.42 Å². The second kappa shape index (κ2) is 8.38. The summed E-state index contributed by atoms with van der Waals surface area (Å²) in [5, 5.41) is 2.11. The Morgan fingerprint density at radius 3 is 2.08 bits per heavy atom. The molecule has 8 rings (SSSR count). The van der Waals surface area contributed by atoms with Gasteiger partial charge in [-0.05, 0) is 34.9 Å². The molecule has 40 heavy (non-hydrogen) atoms. The van der Waals surface area contributed by atoms with Crippen LogP contribution >= 0.6 is 0 Å². The van der Waals surface area contributed by atoms with Crippen molar-refractivity contribution in [3.05, 3.63) is 115 Å². The fourth-order valence-corrected chi connectivity index (χ4v) is 6.01. The topological polar surface area (TPSA) is 77.6 Å². The van der Waals surface area contributed by atoms with Gasteiger partial charge >= 0.3 is 0 Å². The van der Waals surface area contributed by atoms with Crippen LogP contribution in [0.4, 0.5) is 0 Å². The molecule has 0 aliphatic heterocycles. The molecule has 1 aliphatic carbocycles. The second-order valence-corrected chi connectivity index (χ2v) is 10.6. The van der Waals surface area contributed by atoms with Crippen molar-refractivity contribution in [2.75, 3.05) is 0 Å². The highest BCUT2D eigenvalue weighted by Crippen LogP contribution is 2.52. The van der Waals surface area contributed by atoms with Crippen molar-refractivity contribution >= 4 is 21.9 Å². The van der Waals surface area contributed by atoms with Gasteiger partial charge in [0.05, 0.1) is 5.56 Å². The lowest BCUT2D eigenvalue weighted by molar-refractivity contribution is 0.620. The molecule has 6 nitrogen and oxygen atoms in total. The largest absolute Gasteiger partial charge is 0.455 e. The molecule has 4 aromatic carbocycles. The molecule has 3 heterocycles. The molecule has 1 aliphatic rings. The second-order valence-electron chi connectivity index (χ2n) is 10.6. The average molecular weight is 518 g/mol. The SMILES string of the molecule is CC1(C)c2ccccc2-c2ccc3c(oc4c(-c5nc(-c6ccccc6)nc(-c6ncccn6)n5)cccc43)c21. The zero-order chi connectivity index (χ0) is 26.8. The molecule has 0 saturated carbocycles. The quantitative estimate of drug-likeness (QED) is 0.237. The summed E-state index contributed by atoms with van der Waals surface area (Å²) in [6, 6.07) is 30.8. The normalized spacial score (nSPS) is 13.4. The van der Waals surface area contributed by atoms with Crippen molar-refractivity contribution in [2.24, 2.45) is 0 Å². The standard InChI is InChI=1S/C34H23N5O/c1-34(2)26-15-7-6-12-21(26)22-16-17-24-23-13-8-14-25(28(23)40-29(24)27(22)34)31-37-30(20-10-4-3-5-11-20)38-33(39-31)32-35-18-9-19-36-32/h3-19H,1-2H3. The minimum Gasteiger partial charge on any atom is -0.455 e. The van der Waals surface area contributed by atoms with Gasteiger partial charge in [-0.1, -0.05) is 86.6 Å². The maximum atomic E-state index is 6.81. The van der Waals surface area contributed by atoms with Crippen molar-refractivity contribution in [3.8, 4) is 45.6 Å². The van der Waals surface area contributed by atoms with Crippen LogP contribution in [0.15, 0.2) is 108 Å². The number of furan rings is 1. The predicted molar refractivity (Wildman–Crippen MR) is 157 cm³/mol. The third-order valence-electron chi connectivity index (χ3n) is 7.86. The summed E-state index contributed by atoms with van der Waals surface area (Å²) in [6.45, 7) is 4.55. The minimum absolute atomic E-state index is 0.190. The molecule has 190 valence electrons. The molecular weight excluding hydrogens is 494 g/mol. The van der Waals surface area contributed by atoms with Gasteiger partial charge in [0.15, 0.2) is 17.5 Å². The minimum atomic E-state index is -0.190. The van der Waals surface area contributed by atoms with E-state index in [0.29, 0.717) is 23.3 Å². The van der Waals surface area contributed by atoms with Crippen LogP contribution < -0.4 is 0 Å². The van der Waals surface area contributed by atoms with Crippen molar-refractivity contribution in [1.29, 1.82) is 0 Å². The number of hydrogen-bond acceptors (Lipinski definition) is 6. The van der Waals surface area contributed by atoms with E-state index in [2.05, 4.69) is 66.3 Å². The fraction of sp³-hybridized carbons (Fsp3) is 0.0882. The Morgan fingerprint density at radius 2 is 1.23 bits per heavy atom. The van der Waals surface area contributed by atoms with E-state index in [1.165, 1.54) is 22.3 Å². The molecular formula is C34H23N5O. The molecule has 0 radical (unpaired) electrons. The molecule has 0 bridgehead atoms. The van der Waals surface area contributed by atoms with Gasteiger partial charge in [0.1, 0.15) is 11.2 Å². The Bertz CT molecular complexity index is 2020. The van der Waals surface area contributed by atoms with Crippen LogP contribution in [-0.4, -0.2) is 24.9 Å². The van der Waals surface area contributed by atoms with E-state index < -0.39 is 0 Å². The maximum Gasteiger partial charge on any atom is 0.201 e. The summed E-state index contributed by atoms with van der Waals surface area (Å²) in [5.74, 6) is 1.92. The summed E-state index contributed by atoms with van der Waals surface area (Å²) in [6.07, 6.45) is 3.38. The van der Waals surface area contributed by atoms with E-state index in [9.17, 15) is 0 Å². The number of para-hydroxylation sites is 1. The van der Waals surface area contributed by atoms with Crippen LogP contribution in [0, 0.1) is 0 Å². The van der Waals surface area contributed by atoms with Gasteiger partial charge in [-0.2, -0.15) is 0 Å². The predicted octanol–water partition coefficient (Wildman–Crippen LogP) is 7.87. The molecule has 0 amide bonds. The van der Waals surface area contributed by atoms with Crippen LogP contribution in [0.25, 0.3) is 67.5 Å². The first-order valence-corrected chi connectivity index (χ1v) is 13.3. The van der Waals surface area contributed by atoms with E-state index in [1.807, 2.05) is 42.5 Å². The zero-order valence-corrected chi connectivity index (χ0v) is 22.0. The van der Waals surface area contributed by atoms with Gasteiger partial charge in [-0.3, -0.25) is 0 Å². The highest BCUT2D eigenvalue weighted by molar-refractivity contribution is 6.12. The summed E-state index contributed by atoms with van der Waals surface area (Å²) >= 11 is 0. The van der Waals surface area contributed by atoms with E-state index in [0.717, 1.165) is 33.1 Å². The molecule has 0 atom stereocenters. The Balaban J connectivity index is 1.40. The summed E-state index contributed by atoms with van der Waals surface area (Å²) in [5.41, 5.74) is 8.18. The lowest BCUT2D eigenvalue weighted by Gasteiger charge is -2.21. The van der Waals surface area contributed by atoms with Gasteiger partial charge in [0, 0.05) is 39.7 Å². The summed E-state index contributed by atoms with van der Waals surface area (Å²) < 4.78 is 6.81. The molecule has 0 saturated heterocycles. The van der Waals surface area contributed by atoms with Gasteiger partial charge < -0.3 is 4.42 Å². The zero-order valence-electron chi connectivity index (χ0n) is 22.0. The number of fused-ring (bicyclic) bond motifs is 7. The lowest BCUT2D eigenvalue weighted by atomic mass is 9.82. The van der Waals surface area contributed by atoms with E-state index in [4.69, 9.17) is 19.4 Å². The fourth-order valence-electron chi connectivity index (χ4n) is 6.01. The van der Waals surface area contributed by atoms with Gasteiger partial charge in [0.2, 0.25) is 5.82 Å². The first kappa shape index (κ1) is 22.7. The van der Waals surface area contributed by atoms with Gasteiger partial charge in [0.25, 0.3) is 0 Å². The Kier molecular flexibility index (Phi) is 4.76. The molecule has 0 fully saturated rings. The van der Waals surface area contributed by atoms with Crippen LogP contribution in [-0.2, 0) is 5.41 Å². The lowest BCUT2D eigenvalue weighted by Crippen LogP contribution is -2.15. The molecule has 0 spiro atoms. The highest BCUT2D eigenvalue weighted by atomic mass is 16.3. The number of rotatable bonds is 3. The van der Waals surface area contributed by atoms with Crippen LogP contribution in [0.2, 0.25) is 0 Å². The maximum absolute atomic E-state index is 6.81. The Morgan fingerprint density at radius 1 is 0.525 bits per heavy atom. The summed E-state index contributed by atoms with van der Waals surface area (Å²) in [7, 11) is 0. The van der Waals surface area contributed by atoms with Gasteiger partial charge in [-0.15, -0.1) is 0 Å². The number of aromatic nitrogens is 5. The Hall–Kier alpha value is -5.23. The number of benzene rings is 4. The number of nitrogens with zero attached hydrogens (tertiary/aromatic N) is 5. The van der Waals surface area contributed by atoms with Crippen LogP contribution in [0.3, 0.4) is 0 Å². The highest BCUT2D eigenvalue weighted by Gasteiger charge is 2.38. The molecule has 6 heteroatoms. The van der Waals surface area contributed by atoms with Crippen molar-refractivity contribution in [2.45, 2.75) is 19.3 Å². The third-order valence-corrected chi connectivity index (χ3v) is 7.86. The van der Waals surface area contributed by atoms with Crippen LogP contribution in [0.1, 0.15) is 25.0 Å². The van der Waals surface area contributed by atoms with Crippen molar-refractivity contribution in [3.63, 3.8) is 0 Å². The summed E-state index contributed by atoms with van der Waals surface area (Å²) in [4.78, 5) is 23.3. The average Bonchev–Trinajstić information content (AvgIpc) is 3.50. The first-order chi connectivity index (χ1) is 19.6. The van der Waals surface area contributed by atoms with E-state index >= 15 is 0 Å². The van der Waals surface area contributed by atoms with E-state index in [-0.39, 0.29) is 5.41 Å². The molecule has 0 unspecified atom stereocenters. The molecule has 3 aromatic heterocycles.